The van der Waals surface area contributed by atoms with E-state index in [2.05, 4.69) is 13.8 Å². The van der Waals surface area contributed by atoms with Gasteiger partial charge in [0.1, 0.15) is 5.75 Å². The fourth-order valence-corrected chi connectivity index (χ4v) is 2.86. The van der Waals surface area contributed by atoms with Crippen molar-refractivity contribution in [3.8, 4) is 17.2 Å². The summed E-state index contributed by atoms with van der Waals surface area (Å²) in [4.78, 5) is 12.5. The molecule has 0 fully saturated rings. The average molecular weight is 360 g/mol. The molecule has 0 bridgehead atoms. The van der Waals surface area contributed by atoms with Gasteiger partial charge in [-0.25, -0.2) is 4.79 Å². The van der Waals surface area contributed by atoms with Crippen molar-refractivity contribution in [1.29, 1.82) is 0 Å². The van der Waals surface area contributed by atoms with Crippen LogP contribution in [0, 0.1) is 0 Å². The maximum atomic E-state index is 12.5. The summed E-state index contributed by atoms with van der Waals surface area (Å²) in [6, 6.07) is 7.25. The van der Waals surface area contributed by atoms with E-state index in [0.717, 1.165) is 12.0 Å². The molecule has 5 nitrogen and oxygen atoms in total. The number of hydrogen-bond donors (Lipinski definition) is 1. The Balaban J connectivity index is 2.55. The first-order valence-corrected chi connectivity index (χ1v) is 9.09. The van der Waals surface area contributed by atoms with Crippen molar-refractivity contribution in [2.24, 2.45) is 0 Å². The van der Waals surface area contributed by atoms with Crippen molar-refractivity contribution < 1.29 is 24.1 Å². The summed E-state index contributed by atoms with van der Waals surface area (Å²) >= 11 is 0. The predicted molar refractivity (Wildman–Crippen MR) is 102 cm³/mol. The Morgan fingerprint density at radius 3 is 2.46 bits per heavy atom. The van der Waals surface area contributed by atoms with Gasteiger partial charge in [0.25, 0.3) is 0 Å². The van der Waals surface area contributed by atoms with Crippen molar-refractivity contribution in [3.05, 3.63) is 29.8 Å². The molecule has 0 spiro atoms. The van der Waals surface area contributed by atoms with Crippen LogP contribution in [0.1, 0.15) is 52.0 Å². The molecule has 0 saturated carbocycles. The van der Waals surface area contributed by atoms with Crippen molar-refractivity contribution in [2.45, 2.75) is 52.6 Å². The average Bonchev–Trinajstić information content (AvgIpc) is 2.62. The maximum Gasteiger partial charge on any atom is 0.340 e. The van der Waals surface area contributed by atoms with Gasteiger partial charge in [-0.15, -0.1) is 0 Å². The van der Waals surface area contributed by atoms with Crippen molar-refractivity contribution in [1.82, 2.24) is 0 Å². The summed E-state index contributed by atoms with van der Waals surface area (Å²) in [5.74, 6) is 0.615. The first-order valence-electron chi connectivity index (χ1n) is 9.09. The molecule has 2 aromatic carbocycles. The molecule has 1 N–H and O–H groups in total. The van der Waals surface area contributed by atoms with E-state index in [1.165, 1.54) is 13.2 Å². The maximum absolute atomic E-state index is 12.5. The highest BCUT2D eigenvalue weighted by molar-refractivity contribution is 5.97. The Morgan fingerprint density at radius 2 is 1.88 bits per heavy atom. The van der Waals surface area contributed by atoms with Gasteiger partial charge < -0.3 is 19.3 Å². The zero-order valence-electron chi connectivity index (χ0n) is 16.2. The lowest BCUT2D eigenvalue weighted by atomic mass is 9.98. The predicted octanol–water partition coefficient (Wildman–Crippen LogP) is 4.79. The zero-order chi connectivity index (χ0) is 19.3. The number of phenolic OH excluding ortho intramolecular Hbond substituents is 1. The molecule has 0 aliphatic heterocycles. The van der Waals surface area contributed by atoms with Crippen LogP contribution in [-0.4, -0.2) is 30.9 Å². The Kier molecular flexibility index (Phi) is 6.86. The van der Waals surface area contributed by atoms with E-state index >= 15 is 0 Å². The minimum absolute atomic E-state index is 0.0996. The standard InChI is InChI=1S/C21H28O5/c1-6-8-18(24-5)21(23)26-20-15-10-9-14(13(3)4)11-16(15)17(22)12-19(20)25-7-2/h9-13,18,22H,6-8H2,1-5H3. The van der Waals surface area contributed by atoms with E-state index in [-0.39, 0.29) is 5.75 Å². The van der Waals surface area contributed by atoms with Crippen LogP contribution in [-0.2, 0) is 9.53 Å². The van der Waals surface area contributed by atoms with E-state index in [1.807, 2.05) is 32.0 Å². The number of esters is 1. The molecule has 1 atom stereocenters. The normalized spacial score (nSPS) is 12.4. The molecule has 0 heterocycles. The van der Waals surface area contributed by atoms with Crippen LogP contribution in [0.2, 0.25) is 0 Å². The van der Waals surface area contributed by atoms with Gasteiger partial charge >= 0.3 is 5.97 Å². The number of aromatic hydroxyl groups is 1. The molecule has 2 aromatic rings. The number of fused-ring (bicyclic) bond motifs is 1. The Labute approximate surface area is 154 Å². The van der Waals surface area contributed by atoms with Gasteiger partial charge in [-0.05, 0) is 30.9 Å². The molecule has 0 aromatic heterocycles. The first kappa shape index (κ1) is 20.0. The van der Waals surface area contributed by atoms with Crippen molar-refractivity contribution in [2.75, 3.05) is 13.7 Å². The molecule has 2 rings (SSSR count). The van der Waals surface area contributed by atoms with Crippen LogP contribution in [0.3, 0.4) is 0 Å². The second-order valence-corrected chi connectivity index (χ2v) is 6.55. The highest BCUT2D eigenvalue weighted by Gasteiger charge is 2.23. The molecule has 1 unspecified atom stereocenters. The van der Waals surface area contributed by atoms with Crippen molar-refractivity contribution >= 4 is 16.7 Å². The van der Waals surface area contributed by atoms with Crippen LogP contribution < -0.4 is 9.47 Å². The Bertz CT molecular complexity index is 767. The number of carbonyl (C=O) groups excluding carboxylic acids is 1. The van der Waals surface area contributed by atoms with E-state index in [1.54, 1.807) is 0 Å². The molecular weight excluding hydrogens is 332 g/mol. The summed E-state index contributed by atoms with van der Waals surface area (Å²) in [6.45, 7) is 8.38. The molecular formula is C21H28O5. The van der Waals surface area contributed by atoms with Gasteiger partial charge in [0.05, 0.1) is 6.61 Å². The van der Waals surface area contributed by atoms with Crippen LogP contribution in [0.4, 0.5) is 0 Å². The quantitative estimate of drug-likeness (QED) is 0.542. The molecule has 0 aliphatic rings. The third-order valence-corrected chi connectivity index (χ3v) is 4.32. The Hall–Kier alpha value is -2.27. The highest BCUT2D eigenvalue weighted by atomic mass is 16.6. The molecule has 0 radical (unpaired) electrons. The number of methoxy groups -OCH3 is 1. The largest absolute Gasteiger partial charge is 0.507 e. The lowest BCUT2D eigenvalue weighted by Crippen LogP contribution is -2.27. The third-order valence-electron chi connectivity index (χ3n) is 4.32. The monoisotopic (exact) mass is 360 g/mol. The SMILES string of the molecule is CCCC(OC)C(=O)Oc1c(OCC)cc(O)c2cc(C(C)C)ccc12. The first-order chi connectivity index (χ1) is 12.4. The summed E-state index contributed by atoms with van der Waals surface area (Å²) in [5, 5.41) is 11.7. The molecule has 26 heavy (non-hydrogen) atoms. The summed E-state index contributed by atoms with van der Waals surface area (Å²) in [5.41, 5.74) is 1.09. The summed E-state index contributed by atoms with van der Waals surface area (Å²) in [6.07, 6.45) is 0.751. The highest BCUT2D eigenvalue weighted by Crippen LogP contribution is 2.42. The van der Waals surface area contributed by atoms with Gasteiger partial charge in [0, 0.05) is 23.9 Å². The number of rotatable bonds is 8. The molecule has 0 amide bonds. The van der Waals surface area contributed by atoms with Gasteiger partial charge in [-0.2, -0.15) is 0 Å². The summed E-state index contributed by atoms with van der Waals surface area (Å²) in [7, 11) is 1.49. The smallest absolute Gasteiger partial charge is 0.340 e. The van der Waals surface area contributed by atoms with E-state index in [4.69, 9.17) is 14.2 Å². The third kappa shape index (κ3) is 4.28. The molecule has 0 aliphatic carbocycles. The number of ether oxygens (including phenoxy) is 3. The number of carbonyl (C=O) groups is 1. The fraction of sp³-hybridized carbons (Fsp3) is 0.476. The topological polar surface area (TPSA) is 65.0 Å². The van der Waals surface area contributed by atoms with E-state index < -0.39 is 12.1 Å². The number of phenols is 1. The van der Waals surface area contributed by atoms with Crippen LogP contribution in [0.25, 0.3) is 10.8 Å². The van der Waals surface area contributed by atoms with E-state index in [0.29, 0.717) is 41.2 Å². The molecule has 0 saturated heterocycles. The van der Waals surface area contributed by atoms with Gasteiger partial charge in [0.15, 0.2) is 17.6 Å². The van der Waals surface area contributed by atoms with Gasteiger partial charge in [-0.1, -0.05) is 39.3 Å². The number of benzene rings is 2. The van der Waals surface area contributed by atoms with E-state index in [9.17, 15) is 9.90 Å². The minimum atomic E-state index is -0.631. The summed E-state index contributed by atoms with van der Waals surface area (Å²) < 4.78 is 16.5. The molecule has 5 heteroatoms. The lowest BCUT2D eigenvalue weighted by molar-refractivity contribution is -0.146. The van der Waals surface area contributed by atoms with Crippen LogP contribution >= 0.6 is 0 Å². The second kappa shape index (κ2) is 8.90. The van der Waals surface area contributed by atoms with Crippen molar-refractivity contribution in [3.63, 3.8) is 0 Å². The lowest BCUT2D eigenvalue weighted by Gasteiger charge is -2.18. The molecule has 142 valence electrons. The number of hydrogen-bond acceptors (Lipinski definition) is 5. The van der Waals surface area contributed by atoms with Gasteiger partial charge in [-0.3, -0.25) is 0 Å². The Morgan fingerprint density at radius 1 is 1.15 bits per heavy atom. The second-order valence-electron chi connectivity index (χ2n) is 6.55. The van der Waals surface area contributed by atoms with Gasteiger partial charge in [0.2, 0.25) is 0 Å². The zero-order valence-corrected chi connectivity index (χ0v) is 16.2. The minimum Gasteiger partial charge on any atom is -0.507 e. The fourth-order valence-electron chi connectivity index (χ4n) is 2.86. The van der Waals surface area contributed by atoms with Crippen LogP contribution in [0.5, 0.6) is 17.2 Å². The van der Waals surface area contributed by atoms with Crippen LogP contribution in [0.15, 0.2) is 24.3 Å².